The summed E-state index contributed by atoms with van der Waals surface area (Å²) in [7, 11) is 0. The Labute approximate surface area is 176 Å². The first kappa shape index (κ1) is 19.9. The van der Waals surface area contributed by atoms with Crippen LogP contribution in [0.4, 0.5) is 11.4 Å². The van der Waals surface area contributed by atoms with E-state index in [1.54, 1.807) is 36.4 Å². The Balaban J connectivity index is 1.78. The lowest BCUT2D eigenvalue weighted by atomic mass is 9.97. The quantitative estimate of drug-likeness (QED) is 0.791. The van der Waals surface area contributed by atoms with Crippen molar-refractivity contribution in [2.45, 2.75) is 26.7 Å². The van der Waals surface area contributed by atoms with Gasteiger partial charge in [0.25, 0.3) is 11.8 Å². The average Bonchev–Trinajstić information content (AvgIpc) is 2.99. The fourth-order valence-electron chi connectivity index (χ4n) is 4.20. The monoisotopic (exact) mass is 403 g/mol. The van der Waals surface area contributed by atoms with Gasteiger partial charge in [-0.3, -0.25) is 14.4 Å². The Morgan fingerprint density at radius 2 is 1.70 bits per heavy atom. The molecule has 3 amide bonds. The molecule has 1 saturated heterocycles. The maximum Gasteiger partial charge on any atom is 0.282 e. The van der Waals surface area contributed by atoms with Crippen molar-refractivity contribution < 1.29 is 14.4 Å². The smallest absolute Gasteiger partial charge is 0.282 e. The van der Waals surface area contributed by atoms with Gasteiger partial charge in [0, 0.05) is 25.7 Å². The molecule has 0 radical (unpaired) electrons. The van der Waals surface area contributed by atoms with Crippen LogP contribution in [0.1, 0.15) is 32.3 Å². The topological polar surface area (TPSA) is 69.7 Å². The van der Waals surface area contributed by atoms with Crippen LogP contribution in [0.5, 0.6) is 0 Å². The lowest BCUT2D eigenvalue weighted by Crippen LogP contribution is -2.39. The standard InChI is InChI=1S/C24H25N3O3/c1-16-7-6-14-26(15-16)22-21(18-10-12-19(13-11-18)25-17(2)28)23(29)27(24(22)30)20-8-4-3-5-9-20/h3-5,8-13,16H,6-7,14-15H2,1-2H3,(H,25,28). The summed E-state index contributed by atoms with van der Waals surface area (Å²) in [5, 5.41) is 2.73. The van der Waals surface area contributed by atoms with Crippen molar-refractivity contribution in [2.24, 2.45) is 5.92 Å². The van der Waals surface area contributed by atoms with E-state index in [0.717, 1.165) is 25.9 Å². The second kappa shape index (κ2) is 8.14. The van der Waals surface area contributed by atoms with E-state index < -0.39 is 0 Å². The average molecular weight is 403 g/mol. The third-order valence-corrected chi connectivity index (χ3v) is 5.54. The van der Waals surface area contributed by atoms with Crippen molar-refractivity contribution in [3.8, 4) is 0 Å². The number of rotatable bonds is 4. The number of likely N-dealkylation sites (tertiary alicyclic amines) is 1. The third kappa shape index (κ3) is 3.73. The van der Waals surface area contributed by atoms with E-state index in [1.165, 1.54) is 11.8 Å². The van der Waals surface area contributed by atoms with Crippen molar-refractivity contribution in [1.82, 2.24) is 4.90 Å². The van der Waals surface area contributed by atoms with Crippen molar-refractivity contribution in [2.75, 3.05) is 23.3 Å². The summed E-state index contributed by atoms with van der Waals surface area (Å²) in [4.78, 5) is 41.6. The highest BCUT2D eigenvalue weighted by Gasteiger charge is 2.43. The van der Waals surface area contributed by atoms with Gasteiger partial charge in [-0.05, 0) is 48.6 Å². The van der Waals surface area contributed by atoms with Crippen molar-refractivity contribution in [1.29, 1.82) is 0 Å². The zero-order valence-electron chi connectivity index (χ0n) is 17.2. The molecule has 1 atom stereocenters. The summed E-state index contributed by atoms with van der Waals surface area (Å²) < 4.78 is 0. The van der Waals surface area contributed by atoms with E-state index in [0.29, 0.717) is 34.1 Å². The Kier molecular flexibility index (Phi) is 5.40. The highest BCUT2D eigenvalue weighted by molar-refractivity contribution is 6.45. The summed E-state index contributed by atoms with van der Waals surface area (Å²) in [6.07, 6.45) is 2.11. The molecule has 2 aromatic rings. The highest BCUT2D eigenvalue weighted by atomic mass is 16.2. The number of imide groups is 1. The maximum absolute atomic E-state index is 13.5. The lowest BCUT2D eigenvalue weighted by Gasteiger charge is -2.33. The molecule has 6 nitrogen and oxygen atoms in total. The van der Waals surface area contributed by atoms with Gasteiger partial charge in [-0.2, -0.15) is 0 Å². The number of anilines is 2. The normalized spacial score (nSPS) is 19.5. The molecule has 0 saturated carbocycles. The number of nitrogens with one attached hydrogen (secondary N) is 1. The van der Waals surface area contributed by atoms with Crippen LogP contribution in [0, 0.1) is 5.92 Å². The number of piperidine rings is 1. The third-order valence-electron chi connectivity index (χ3n) is 5.54. The second-order valence-corrected chi connectivity index (χ2v) is 7.96. The molecule has 2 aliphatic rings. The van der Waals surface area contributed by atoms with Gasteiger partial charge in [-0.25, -0.2) is 4.90 Å². The largest absolute Gasteiger partial charge is 0.366 e. The number of hydrogen-bond donors (Lipinski definition) is 1. The van der Waals surface area contributed by atoms with E-state index in [-0.39, 0.29) is 17.7 Å². The van der Waals surface area contributed by atoms with Crippen LogP contribution in [-0.2, 0) is 14.4 Å². The highest BCUT2D eigenvalue weighted by Crippen LogP contribution is 2.36. The van der Waals surface area contributed by atoms with E-state index in [4.69, 9.17) is 0 Å². The fraction of sp³-hybridized carbons (Fsp3) is 0.292. The Bertz CT molecular complexity index is 1010. The minimum atomic E-state index is -0.313. The number of carbonyl (C=O) groups excluding carboxylic acids is 3. The maximum atomic E-state index is 13.5. The molecular weight excluding hydrogens is 378 g/mol. The van der Waals surface area contributed by atoms with Gasteiger partial charge >= 0.3 is 0 Å². The first-order chi connectivity index (χ1) is 14.5. The van der Waals surface area contributed by atoms with Crippen LogP contribution in [0.2, 0.25) is 0 Å². The number of para-hydroxylation sites is 1. The molecule has 2 heterocycles. The van der Waals surface area contributed by atoms with Crippen molar-refractivity contribution in [3.63, 3.8) is 0 Å². The van der Waals surface area contributed by atoms with Gasteiger partial charge in [0.05, 0.1) is 11.3 Å². The summed E-state index contributed by atoms with van der Waals surface area (Å²) in [5.41, 5.74) is 2.79. The Morgan fingerprint density at radius 3 is 2.33 bits per heavy atom. The second-order valence-electron chi connectivity index (χ2n) is 7.96. The van der Waals surface area contributed by atoms with Gasteiger partial charge in [0.2, 0.25) is 5.91 Å². The molecule has 1 fully saturated rings. The van der Waals surface area contributed by atoms with Crippen LogP contribution < -0.4 is 10.2 Å². The molecule has 154 valence electrons. The molecule has 2 aromatic carbocycles. The molecule has 6 heteroatoms. The number of benzene rings is 2. The van der Waals surface area contributed by atoms with E-state index in [1.807, 2.05) is 18.2 Å². The zero-order chi connectivity index (χ0) is 21.3. The van der Waals surface area contributed by atoms with Crippen molar-refractivity contribution >= 4 is 34.7 Å². The van der Waals surface area contributed by atoms with Gasteiger partial charge in [0.15, 0.2) is 0 Å². The molecule has 0 aromatic heterocycles. The lowest BCUT2D eigenvalue weighted by molar-refractivity contribution is -0.121. The summed E-state index contributed by atoms with van der Waals surface area (Å²) in [6.45, 7) is 5.13. The zero-order valence-corrected chi connectivity index (χ0v) is 17.2. The molecule has 1 unspecified atom stereocenters. The first-order valence-electron chi connectivity index (χ1n) is 10.3. The van der Waals surface area contributed by atoms with Crippen LogP contribution in [0.25, 0.3) is 5.57 Å². The van der Waals surface area contributed by atoms with E-state index in [2.05, 4.69) is 17.1 Å². The molecule has 4 rings (SSSR count). The fourth-order valence-corrected chi connectivity index (χ4v) is 4.20. The molecule has 0 aliphatic carbocycles. The van der Waals surface area contributed by atoms with Crippen LogP contribution in [0.3, 0.4) is 0 Å². The Hall–Kier alpha value is -3.41. The van der Waals surface area contributed by atoms with Crippen LogP contribution >= 0.6 is 0 Å². The molecule has 2 aliphatic heterocycles. The Morgan fingerprint density at radius 1 is 1.00 bits per heavy atom. The number of amides is 3. The van der Waals surface area contributed by atoms with E-state index >= 15 is 0 Å². The van der Waals surface area contributed by atoms with Gasteiger partial charge < -0.3 is 10.2 Å². The summed E-state index contributed by atoms with van der Waals surface area (Å²) in [5.74, 6) is -0.288. The summed E-state index contributed by atoms with van der Waals surface area (Å²) in [6, 6.07) is 16.1. The number of hydrogen-bond acceptors (Lipinski definition) is 4. The molecule has 30 heavy (non-hydrogen) atoms. The minimum absolute atomic E-state index is 0.160. The summed E-state index contributed by atoms with van der Waals surface area (Å²) >= 11 is 0. The molecule has 1 N–H and O–H groups in total. The predicted molar refractivity (Wildman–Crippen MR) is 117 cm³/mol. The predicted octanol–water partition coefficient (Wildman–Crippen LogP) is 3.66. The molecule has 0 spiro atoms. The van der Waals surface area contributed by atoms with E-state index in [9.17, 15) is 14.4 Å². The molecular formula is C24H25N3O3. The number of nitrogens with zero attached hydrogens (tertiary/aromatic N) is 2. The van der Waals surface area contributed by atoms with Crippen molar-refractivity contribution in [3.05, 3.63) is 65.9 Å². The first-order valence-corrected chi connectivity index (χ1v) is 10.3. The number of carbonyl (C=O) groups is 3. The van der Waals surface area contributed by atoms with Gasteiger partial charge in [-0.15, -0.1) is 0 Å². The minimum Gasteiger partial charge on any atom is -0.366 e. The van der Waals surface area contributed by atoms with Gasteiger partial charge in [-0.1, -0.05) is 37.3 Å². The van der Waals surface area contributed by atoms with Crippen LogP contribution in [0.15, 0.2) is 60.3 Å². The van der Waals surface area contributed by atoms with Crippen LogP contribution in [-0.4, -0.2) is 35.7 Å². The van der Waals surface area contributed by atoms with Gasteiger partial charge in [0.1, 0.15) is 5.70 Å². The SMILES string of the molecule is CC(=O)Nc1ccc(C2=C(N3CCCC(C)C3)C(=O)N(c3ccccc3)C2=O)cc1. The molecule has 0 bridgehead atoms.